The summed E-state index contributed by atoms with van der Waals surface area (Å²) < 4.78 is 65.2. The van der Waals surface area contributed by atoms with Crippen LogP contribution in [0.2, 0.25) is 0 Å². The normalized spacial score (nSPS) is 16.9. The zero-order chi connectivity index (χ0) is 30.2. The molecule has 0 spiro atoms. The van der Waals surface area contributed by atoms with Crippen molar-refractivity contribution >= 4 is 33.3 Å². The molecule has 41 heavy (non-hydrogen) atoms. The van der Waals surface area contributed by atoms with Gasteiger partial charge in [-0.15, -0.1) is 0 Å². The molecule has 2 saturated heterocycles. The summed E-state index contributed by atoms with van der Waals surface area (Å²) >= 11 is 0. The lowest BCUT2D eigenvalue weighted by molar-refractivity contribution is -0.192. The third-order valence-corrected chi connectivity index (χ3v) is 8.31. The van der Waals surface area contributed by atoms with Crippen molar-refractivity contribution in [2.24, 2.45) is 5.92 Å². The van der Waals surface area contributed by atoms with Crippen LogP contribution in [0.4, 0.5) is 24.5 Å². The molecule has 2 aromatic rings. The number of nitrogens with zero attached hydrogens (tertiary/aromatic N) is 2. The van der Waals surface area contributed by atoms with Gasteiger partial charge in [0.15, 0.2) is 0 Å². The molecule has 2 aliphatic heterocycles. The monoisotopic (exact) mass is 601 g/mol. The molecule has 2 aromatic carbocycles. The first kappa shape index (κ1) is 32.2. The molecular formula is C27H34F3N3O7S. The van der Waals surface area contributed by atoms with Crippen molar-refractivity contribution in [1.82, 2.24) is 4.90 Å². The van der Waals surface area contributed by atoms with Gasteiger partial charge in [-0.2, -0.15) is 13.2 Å². The minimum absolute atomic E-state index is 0.108. The molecule has 0 bridgehead atoms. The summed E-state index contributed by atoms with van der Waals surface area (Å²) in [6.07, 6.45) is -1.89. The summed E-state index contributed by atoms with van der Waals surface area (Å²) in [6.45, 7) is 8.12. The first-order valence-electron chi connectivity index (χ1n) is 13.1. The third kappa shape index (κ3) is 9.61. The fourth-order valence-electron chi connectivity index (χ4n) is 4.70. The van der Waals surface area contributed by atoms with Gasteiger partial charge in [-0.05, 0) is 74.5 Å². The number of nitrogens with one attached hydrogen (secondary N) is 1. The highest BCUT2D eigenvalue weighted by Gasteiger charge is 2.38. The number of alkyl halides is 3. The molecule has 2 aliphatic rings. The molecule has 0 aromatic heterocycles. The predicted octanol–water partition coefficient (Wildman–Crippen LogP) is 4.07. The number of halogens is 3. The number of carboxylic acid groups (broad SMARTS) is 2. The fourth-order valence-corrected chi connectivity index (χ4v) is 5.85. The number of rotatable bonds is 8. The molecule has 2 fully saturated rings. The summed E-state index contributed by atoms with van der Waals surface area (Å²) in [4.78, 5) is 25.6. The molecule has 0 unspecified atom stereocenters. The number of aliphatic carboxylic acids is 1. The van der Waals surface area contributed by atoms with Gasteiger partial charge in [0.25, 0.3) is 10.0 Å². The molecule has 0 saturated carbocycles. The lowest BCUT2D eigenvalue weighted by Crippen LogP contribution is -2.39. The second kappa shape index (κ2) is 14.0. The average molecular weight is 602 g/mol. The minimum atomic E-state index is -5.08. The smallest absolute Gasteiger partial charge is 0.478 e. The van der Waals surface area contributed by atoms with Crippen molar-refractivity contribution in [2.45, 2.75) is 37.3 Å². The second-order valence-electron chi connectivity index (χ2n) is 9.94. The Kier molecular flexibility index (Phi) is 11.0. The van der Waals surface area contributed by atoms with Crippen LogP contribution in [0.15, 0.2) is 47.4 Å². The Bertz CT molecular complexity index is 1310. The lowest BCUT2D eigenvalue weighted by atomic mass is 9.92. The van der Waals surface area contributed by atoms with E-state index in [4.69, 9.17) is 14.6 Å². The van der Waals surface area contributed by atoms with Gasteiger partial charge in [0, 0.05) is 31.9 Å². The molecule has 14 heteroatoms. The standard InChI is InChI=1S/C25H33N3O5S.C2HF3O2/c1-19-3-2-4-22(17-19)34(31,32)26-21-5-6-24(23(18-21)25(29)30)28-11-8-20(9-12-28)7-10-27-13-15-33-16-14-27;3-2(4,5)1(6)7/h2-6,17-18,20,26H,7-16H2,1H3,(H,29,30);(H,6,7). The van der Waals surface area contributed by atoms with Crippen LogP contribution in [-0.4, -0.2) is 87.6 Å². The van der Waals surface area contributed by atoms with E-state index in [1.165, 1.54) is 12.1 Å². The summed E-state index contributed by atoms with van der Waals surface area (Å²) in [5.74, 6) is -3.19. The van der Waals surface area contributed by atoms with Crippen LogP contribution in [0, 0.1) is 12.8 Å². The maximum absolute atomic E-state index is 12.8. The number of hydrogen-bond donors (Lipinski definition) is 3. The van der Waals surface area contributed by atoms with Gasteiger partial charge in [0.1, 0.15) is 0 Å². The van der Waals surface area contributed by atoms with Crippen molar-refractivity contribution in [1.29, 1.82) is 0 Å². The molecule has 0 aliphatic carbocycles. The van der Waals surface area contributed by atoms with Crippen LogP contribution in [0.3, 0.4) is 0 Å². The van der Waals surface area contributed by atoms with Gasteiger partial charge in [0.2, 0.25) is 0 Å². The maximum atomic E-state index is 12.8. The number of benzene rings is 2. The van der Waals surface area contributed by atoms with Crippen LogP contribution in [0.5, 0.6) is 0 Å². The van der Waals surface area contributed by atoms with Gasteiger partial charge in [-0.25, -0.2) is 18.0 Å². The van der Waals surface area contributed by atoms with Crippen LogP contribution in [-0.2, 0) is 19.6 Å². The summed E-state index contributed by atoms with van der Waals surface area (Å²) in [7, 11) is -3.81. The van der Waals surface area contributed by atoms with Crippen molar-refractivity contribution < 1.29 is 46.1 Å². The van der Waals surface area contributed by atoms with E-state index in [1.807, 2.05) is 13.0 Å². The lowest BCUT2D eigenvalue weighted by Gasteiger charge is -2.35. The second-order valence-corrected chi connectivity index (χ2v) is 11.6. The Morgan fingerprint density at radius 2 is 1.66 bits per heavy atom. The molecule has 3 N–H and O–H groups in total. The topological polar surface area (TPSA) is 136 Å². The molecule has 10 nitrogen and oxygen atoms in total. The van der Waals surface area contributed by atoms with E-state index in [0.717, 1.165) is 70.8 Å². The SMILES string of the molecule is Cc1cccc(S(=O)(=O)Nc2ccc(N3CCC(CCN4CCOCC4)CC3)c(C(=O)O)c2)c1.O=C(O)C(F)(F)F. The number of carboxylic acids is 2. The van der Waals surface area contributed by atoms with E-state index in [1.54, 1.807) is 24.3 Å². The van der Waals surface area contributed by atoms with Crippen molar-refractivity contribution in [3.05, 3.63) is 53.6 Å². The van der Waals surface area contributed by atoms with E-state index in [9.17, 15) is 31.5 Å². The molecule has 226 valence electrons. The molecular weight excluding hydrogens is 567 g/mol. The third-order valence-electron chi connectivity index (χ3n) is 6.93. The number of aryl methyl sites for hydroxylation is 1. The quantitative estimate of drug-likeness (QED) is 0.409. The van der Waals surface area contributed by atoms with Crippen LogP contribution in [0.1, 0.15) is 35.2 Å². The molecule has 0 radical (unpaired) electrons. The highest BCUT2D eigenvalue weighted by molar-refractivity contribution is 7.92. The number of ether oxygens (including phenoxy) is 1. The van der Waals surface area contributed by atoms with Crippen molar-refractivity contribution in [2.75, 3.05) is 55.6 Å². The van der Waals surface area contributed by atoms with Crippen LogP contribution < -0.4 is 9.62 Å². The number of aromatic carboxylic acids is 1. The van der Waals surface area contributed by atoms with E-state index in [0.29, 0.717) is 11.6 Å². The van der Waals surface area contributed by atoms with Crippen molar-refractivity contribution in [3.8, 4) is 0 Å². The predicted molar refractivity (Wildman–Crippen MR) is 146 cm³/mol. The number of carbonyl (C=O) groups is 2. The van der Waals surface area contributed by atoms with E-state index in [-0.39, 0.29) is 16.1 Å². The minimum Gasteiger partial charge on any atom is -0.478 e. The summed E-state index contributed by atoms with van der Waals surface area (Å²) in [6, 6.07) is 11.4. The molecule has 0 atom stereocenters. The molecule has 0 amide bonds. The first-order valence-corrected chi connectivity index (χ1v) is 14.6. The van der Waals surface area contributed by atoms with Gasteiger partial charge in [-0.3, -0.25) is 9.62 Å². The van der Waals surface area contributed by atoms with Crippen LogP contribution >= 0.6 is 0 Å². The largest absolute Gasteiger partial charge is 0.490 e. The zero-order valence-corrected chi connectivity index (χ0v) is 23.4. The number of morpholine rings is 1. The number of sulfonamides is 1. The van der Waals surface area contributed by atoms with Gasteiger partial charge >= 0.3 is 18.1 Å². The average Bonchev–Trinajstić information content (AvgIpc) is 2.92. The Balaban J connectivity index is 0.000000587. The number of hydrogen-bond acceptors (Lipinski definition) is 7. The van der Waals surface area contributed by atoms with Crippen LogP contribution in [0.25, 0.3) is 0 Å². The highest BCUT2D eigenvalue weighted by Crippen LogP contribution is 2.31. The number of piperidine rings is 1. The number of anilines is 2. The maximum Gasteiger partial charge on any atom is 0.490 e. The first-order chi connectivity index (χ1) is 19.3. The fraction of sp³-hybridized carbons (Fsp3) is 0.481. The van der Waals surface area contributed by atoms with Gasteiger partial charge < -0.3 is 19.8 Å². The van der Waals surface area contributed by atoms with Gasteiger partial charge in [-0.1, -0.05) is 12.1 Å². The van der Waals surface area contributed by atoms with Gasteiger partial charge in [0.05, 0.1) is 29.4 Å². The zero-order valence-electron chi connectivity index (χ0n) is 22.6. The van der Waals surface area contributed by atoms with E-state index in [2.05, 4.69) is 14.5 Å². The van der Waals surface area contributed by atoms with E-state index >= 15 is 0 Å². The summed E-state index contributed by atoms with van der Waals surface area (Å²) in [5, 5.41) is 17.0. The van der Waals surface area contributed by atoms with E-state index < -0.39 is 28.1 Å². The molecule has 2 heterocycles. The highest BCUT2D eigenvalue weighted by atomic mass is 32.2. The Morgan fingerprint density at radius 1 is 1.02 bits per heavy atom. The summed E-state index contributed by atoms with van der Waals surface area (Å²) in [5.41, 5.74) is 1.81. The van der Waals surface area contributed by atoms with Crippen molar-refractivity contribution in [3.63, 3.8) is 0 Å². The Morgan fingerprint density at radius 3 is 2.22 bits per heavy atom. The molecule has 4 rings (SSSR count). The Hall–Kier alpha value is -3.36. The Labute approximate surface area is 236 Å².